The lowest BCUT2D eigenvalue weighted by Crippen LogP contribution is -2.48. The van der Waals surface area contributed by atoms with Gasteiger partial charge in [0.25, 0.3) is 5.91 Å². The van der Waals surface area contributed by atoms with E-state index in [2.05, 4.69) is 55.1 Å². The van der Waals surface area contributed by atoms with Crippen LogP contribution in [0.3, 0.4) is 0 Å². The van der Waals surface area contributed by atoms with Crippen molar-refractivity contribution in [2.45, 2.75) is 33.4 Å². The molecule has 32 heavy (non-hydrogen) atoms. The lowest BCUT2D eigenvalue weighted by Gasteiger charge is -2.35. The Morgan fingerprint density at radius 2 is 1.53 bits per heavy atom. The van der Waals surface area contributed by atoms with Crippen LogP contribution < -0.4 is 4.74 Å². The van der Waals surface area contributed by atoms with E-state index in [0.717, 1.165) is 56.0 Å². The standard InChI is InChI=1S/C28H32N2O2/c1-3-23-11-13-27(14-12-23)32-21-25-5-4-6-26(19-25)28(31)30-17-15-29(16-18-30)20-24-9-7-22(2)8-10-24/h4-14,19H,3,15-18,20-21H2,1-2H3. The predicted molar refractivity (Wildman–Crippen MR) is 129 cm³/mol. The van der Waals surface area contributed by atoms with Crippen molar-refractivity contribution in [2.75, 3.05) is 26.2 Å². The van der Waals surface area contributed by atoms with Gasteiger partial charge in [0.15, 0.2) is 0 Å². The van der Waals surface area contributed by atoms with E-state index < -0.39 is 0 Å². The molecule has 4 nitrogen and oxygen atoms in total. The molecule has 4 heteroatoms. The third kappa shape index (κ3) is 5.77. The van der Waals surface area contributed by atoms with E-state index in [1.54, 1.807) is 0 Å². The minimum Gasteiger partial charge on any atom is -0.489 e. The highest BCUT2D eigenvalue weighted by atomic mass is 16.5. The lowest BCUT2D eigenvalue weighted by atomic mass is 10.1. The maximum Gasteiger partial charge on any atom is 0.253 e. The van der Waals surface area contributed by atoms with E-state index >= 15 is 0 Å². The summed E-state index contributed by atoms with van der Waals surface area (Å²) in [5.41, 5.74) is 5.65. The molecule has 1 saturated heterocycles. The lowest BCUT2D eigenvalue weighted by molar-refractivity contribution is 0.0628. The molecule has 1 aliphatic rings. The highest BCUT2D eigenvalue weighted by molar-refractivity contribution is 5.94. The summed E-state index contributed by atoms with van der Waals surface area (Å²) in [6, 6.07) is 24.7. The van der Waals surface area contributed by atoms with Crippen molar-refractivity contribution in [3.8, 4) is 5.75 Å². The Balaban J connectivity index is 1.30. The monoisotopic (exact) mass is 428 g/mol. The van der Waals surface area contributed by atoms with Gasteiger partial charge in [0.2, 0.25) is 0 Å². The Labute approximate surface area is 191 Å². The van der Waals surface area contributed by atoms with Gasteiger partial charge >= 0.3 is 0 Å². The van der Waals surface area contributed by atoms with Crippen LogP contribution in [-0.4, -0.2) is 41.9 Å². The summed E-state index contributed by atoms with van der Waals surface area (Å²) in [7, 11) is 0. The zero-order valence-corrected chi connectivity index (χ0v) is 19.1. The summed E-state index contributed by atoms with van der Waals surface area (Å²) in [5.74, 6) is 0.956. The molecule has 1 aliphatic heterocycles. The van der Waals surface area contributed by atoms with Gasteiger partial charge in [0.1, 0.15) is 12.4 Å². The van der Waals surface area contributed by atoms with Crippen molar-refractivity contribution in [3.63, 3.8) is 0 Å². The fourth-order valence-electron chi connectivity index (χ4n) is 4.03. The number of ether oxygens (including phenoxy) is 1. The van der Waals surface area contributed by atoms with Crippen LogP contribution in [0.4, 0.5) is 0 Å². The van der Waals surface area contributed by atoms with Crippen LogP contribution in [-0.2, 0) is 19.6 Å². The second kappa shape index (κ2) is 10.5. The second-order valence-electron chi connectivity index (χ2n) is 8.54. The van der Waals surface area contributed by atoms with Crippen molar-refractivity contribution in [3.05, 3.63) is 101 Å². The Morgan fingerprint density at radius 1 is 0.844 bits per heavy atom. The molecule has 4 rings (SSSR count). The number of nitrogens with zero attached hydrogens (tertiary/aromatic N) is 2. The number of amides is 1. The summed E-state index contributed by atoms with van der Waals surface area (Å²) < 4.78 is 5.92. The van der Waals surface area contributed by atoms with E-state index in [1.807, 2.05) is 41.3 Å². The van der Waals surface area contributed by atoms with Gasteiger partial charge in [0, 0.05) is 38.3 Å². The molecule has 166 valence electrons. The van der Waals surface area contributed by atoms with Crippen molar-refractivity contribution in [1.82, 2.24) is 9.80 Å². The van der Waals surface area contributed by atoms with Crippen molar-refractivity contribution in [2.24, 2.45) is 0 Å². The van der Waals surface area contributed by atoms with E-state index in [1.165, 1.54) is 16.7 Å². The number of hydrogen-bond acceptors (Lipinski definition) is 3. The third-order valence-corrected chi connectivity index (χ3v) is 6.10. The zero-order valence-electron chi connectivity index (χ0n) is 19.1. The maximum absolute atomic E-state index is 13.1. The van der Waals surface area contributed by atoms with Crippen LogP contribution in [0.25, 0.3) is 0 Å². The molecule has 0 aromatic heterocycles. The number of carbonyl (C=O) groups is 1. The van der Waals surface area contributed by atoms with Crippen LogP contribution in [0.2, 0.25) is 0 Å². The summed E-state index contributed by atoms with van der Waals surface area (Å²) in [6.45, 7) is 8.96. The van der Waals surface area contributed by atoms with Crippen LogP contribution in [0.1, 0.15) is 39.5 Å². The quantitative estimate of drug-likeness (QED) is 0.525. The SMILES string of the molecule is CCc1ccc(OCc2cccc(C(=O)N3CCN(Cc4ccc(C)cc4)CC3)c2)cc1. The molecule has 0 unspecified atom stereocenters. The van der Waals surface area contributed by atoms with E-state index in [-0.39, 0.29) is 5.91 Å². The first-order valence-electron chi connectivity index (χ1n) is 11.5. The van der Waals surface area contributed by atoms with Gasteiger partial charge in [-0.25, -0.2) is 0 Å². The summed E-state index contributed by atoms with van der Waals surface area (Å²) in [4.78, 5) is 17.5. The molecule has 1 amide bonds. The molecule has 0 aliphatic carbocycles. The summed E-state index contributed by atoms with van der Waals surface area (Å²) >= 11 is 0. The molecule has 0 radical (unpaired) electrons. The van der Waals surface area contributed by atoms with Gasteiger partial charge in [-0.15, -0.1) is 0 Å². The van der Waals surface area contributed by atoms with Crippen LogP contribution in [0.5, 0.6) is 5.75 Å². The topological polar surface area (TPSA) is 32.8 Å². The fourth-order valence-corrected chi connectivity index (χ4v) is 4.03. The Kier molecular flexibility index (Phi) is 7.23. The predicted octanol–water partition coefficient (Wildman–Crippen LogP) is 5.09. The smallest absolute Gasteiger partial charge is 0.253 e. The summed E-state index contributed by atoms with van der Waals surface area (Å²) in [6.07, 6.45) is 1.02. The van der Waals surface area contributed by atoms with Crippen LogP contribution in [0.15, 0.2) is 72.8 Å². The first-order valence-corrected chi connectivity index (χ1v) is 11.5. The number of carbonyl (C=O) groups excluding carboxylic acids is 1. The third-order valence-electron chi connectivity index (χ3n) is 6.10. The number of rotatable bonds is 7. The number of piperazine rings is 1. The van der Waals surface area contributed by atoms with Gasteiger partial charge in [-0.3, -0.25) is 9.69 Å². The minimum absolute atomic E-state index is 0.106. The zero-order chi connectivity index (χ0) is 22.3. The van der Waals surface area contributed by atoms with Gasteiger partial charge < -0.3 is 9.64 Å². The molecule has 1 heterocycles. The molecular formula is C28H32N2O2. The molecule has 1 fully saturated rings. The van der Waals surface area contributed by atoms with Crippen molar-refractivity contribution >= 4 is 5.91 Å². The highest BCUT2D eigenvalue weighted by Crippen LogP contribution is 2.17. The van der Waals surface area contributed by atoms with Gasteiger partial charge in [0.05, 0.1) is 0 Å². The van der Waals surface area contributed by atoms with E-state index in [0.29, 0.717) is 6.61 Å². The Morgan fingerprint density at radius 3 is 2.22 bits per heavy atom. The molecule has 0 bridgehead atoms. The fraction of sp³-hybridized carbons (Fsp3) is 0.321. The molecular weight excluding hydrogens is 396 g/mol. The highest BCUT2D eigenvalue weighted by Gasteiger charge is 2.22. The molecule has 0 atom stereocenters. The van der Waals surface area contributed by atoms with E-state index in [9.17, 15) is 4.79 Å². The normalized spacial score (nSPS) is 14.4. The number of hydrogen-bond donors (Lipinski definition) is 0. The van der Waals surface area contributed by atoms with Gasteiger partial charge in [-0.2, -0.15) is 0 Å². The number of aryl methyl sites for hydroxylation is 2. The molecule has 0 spiro atoms. The van der Waals surface area contributed by atoms with E-state index in [4.69, 9.17) is 4.74 Å². The second-order valence-corrected chi connectivity index (χ2v) is 8.54. The first kappa shape index (κ1) is 22.1. The molecule has 3 aromatic carbocycles. The molecule has 0 N–H and O–H groups in total. The first-order chi connectivity index (χ1) is 15.6. The Hall–Kier alpha value is -3.11. The van der Waals surface area contributed by atoms with Gasteiger partial charge in [-0.05, 0) is 54.3 Å². The Bertz CT molecular complexity index is 1020. The summed E-state index contributed by atoms with van der Waals surface area (Å²) in [5, 5.41) is 0. The molecule has 3 aromatic rings. The van der Waals surface area contributed by atoms with Crippen LogP contribution in [0, 0.1) is 6.92 Å². The average molecular weight is 429 g/mol. The number of benzene rings is 3. The van der Waals surface area contributed by atoms with Gasteiger partial charge in [-0.1, -0.05) is 61.0 Å². The van der Waals surface area contributed by atoms with Crippen LogP contribution >= 0.6 is 0 Å². The largest absolute Gasteiger partial charge is 0.489 e. The maximum atomic E-state index is 13.1. The van der Waals surface area contributed by atoms with Crippen molar-refractivity contribution in [1.29, 1.82) is 0 Å². The minimum atomic E-state index is 0.106. The van der Waals surface area contributed by atoms with Crippen molar-refractivity contribution < 1.29 is 9.53 Å². The molecule has 0 saturated carbocycles. The average Bonchev–Trinajstić information content (AvgIpc) is 2.85.